The quantitative estimate of drug-likeness (QED) is 0.769. The summed E-state index contributed by atoms with van der Waals surface area (Å²) in [5.41, 5.74) is 1.37. The van der Waals surface area contributed by atoms with E-state index in [0.717, 1.165) is 12.0 Å². The van der Waals surface area contributed by atoms with Crippen LogP contribution in [0.5, 0.6) is 0 Å². The van der Waals surface area contributed by atoms with Gasteiger partial charge in [0, 0.05) is 5.56 Å². The van der Waals surface area contributed by atoms with Crippen LogP contribution in [-0.2, 0) is 5.41 Å². The Bertz CT molecular complexity index is 564. The molecule has 2 heteroatoms. The van der Waals surface area contributed by atoms with E-state index >= 15 is 0 Å². The second-order valence-corrected chi connectivity index (χ2v) is 4.71. The smallest absolute Gasteiger partial charge is 0.196 e. The van der Waals surface area contributed by atoms with E-state index in [-0.39, 0.29) is 10.8 Å². The average molecular weight is 216 g/mol. The van der Waals surface area contributed by atoms with Crippen molar-refractivity contribution in [2.45, 2.75) is 32.6 Å². The predicted molar refractivity (Wildman–Crippen MR) is 65.8 cm³/mol. The largest absolute Gasteiger partial charge is 0.464 e. The van der Waals surface area contributed by atoms with E-state index in [9.17, 15) is 4.79 Å². The molecule has 0 radical (unpaired) electrons. The summed E-state index contributed by atoms with van der Waals surface area (Å²) < 4.78 is 5.51. The first-order valence-electron chi connectivity index (χ1n) is 5.57. The summed E-state index contributed by atoms with van der Waals surface area (Å²) in [4.78, 5) is 12.3. The minimum atomic E-state index is -0.134. The summed E-state index contributed by atoms with van der Waals surface area (Å²) in [6.07, 6.45) is 2.52. The van der Waals surface area contributed by atoms with Gasteiger partial charge in [-0.05, 0) is 24.0 Å². The molecular weight excluding hydrogens is 200 g/mol. The first-order chi connectivity index (χ1) is 7.56. The van der Waals surface area contributed by atoms with Crippen molar-refractivity contribution in [1.82, 2.24) is 0 Å². The maximum Gasteiger partial charge on any atom is 0.196 e. The van der Waals surface area contributed by atoms with Crippen LogP contribution in [0.15, 0.2) is 39.7 Å². The SMILES string of the molecule is CCC(C)(C)c1coc2ccccc2c1=O. The summed E-state index contributed by atoms with van der Waals surface area (Å²) >= 11 is 0. The molecule has 0 aliphatic rings. The minimum Gasteiger partial charge on any atom is -0.464 e. The molecule has 0 unspecified atom stereocenters. The molecule has 0 aliphatic heterocycles. The monoisotopic (exact) mass is 216 g/mol. The average Bonchev–Trinajstić information content (AvgIpc) is 2.29. The molecule has 0 saturated heterocycles. The molecule has 0 N–H and O–H groups in total. The van der Waals surface area contributed by atoms with Crippen molar-refractivity contribution in [2.24, 2.45) is 0 Å². The van der Waals surface area contributed by atoms with Crippen LogP contribution in [0.3, 0.4) is 0 Å². The third-order valence-electron chi connectivity index (χ3n) is 3.29. The first kappa shape index (κ1) is 10.9. The van der Waals surface area contributed by atoms with Gasteiger partial charge in [-0.3, -0.25) is 4.79 Å². The number of hydrogen-bond donors (Lipinski definition) is 0. The Kier molecular flexibility index (Phi) is 2.58. The molecule has 0 aliphatic carbocycles. The van der Waals surface area contributed by atoms with E-state index in [0.29, 0.717) is 11.0 Å². The highest BCUT2D eigenvalue weighted by molar-refractivity contribution is 5.76. The van der Waals surface area contributed by atoms with Crippen LogP contribution in [0.1, 0.15) is 32.8 Å². The topological polar surface area (TPSA) is 30.2 Å². The summed E-state index contributed by atoms with van der Waals surface area (Å²) in [6.45, 7) is 6.21. The zero-order chi connectivity index (χ0) is 11.8. The molecule has 1 heterocycles. The maximum absolute atomic E-state index is 12.3. The highest BCUT2D eigenvalue weighted by Crippen LogP contribution is 2.25. The summed E-state index contributed by atoms with van der Waals surface area (Å²) in [5, 5.41) is 0.668. The summed E-state index contributed by atoms with van der Waals surface area (Å²) in [7, 11) is 0. The van der Waals surface area contributed by atoms with Gasteiger partial charge in [0.1, 0.15) is 5.58 Å². The normalized spacial score (nSPS) is 11.9. The second-order valence-electron chi connectivity index (χ2n) is 4.71. The maximum atomic E-state index is 12.3. The molecule has 84 valence electrons. The molecule has 0 fully saturated rings. The molecular formula is C14H16O2. The van der Waals surface area contributed by atoms with Crippen LogP contribution in [-0.4, -0.2) is 0 Å². The fourth-order valence-corrected chi connectivity index (χ4v) is 1.74. The zero-order valence-electron chi connectivity index (χ0n) is 9.91. The van der Waals surface area contributed by atoms with Crippen LogP contribution < -0.4 is 5.43 Å². The Labute approximate surface area is 94.9 Å². The molecule has 0 atom stereocenters. The lowest BCUT2D eigenvalue weighted by molar-refractivity contribution is 0.477. The number of benzene rings is 1. The Morgan fingerprint density at radius 2 is 1.94 bits per heavy atom. The molecule has 0 amide bonds. The van der Waals surface area contributed by atoms with Gasteiger partial charge < -0.3 is 4.42 Å². The van der Waals surface area contributed by atoms with Crippen LogP contribution in [0.2, 0.25) is 0 Å². The Morgan fingerprint density at radius 3 is 2.62 bits per heavy atom. The van der Waals surface area contributed by atoms with Gasteiger partial charge in [-0.25, -0.2) is 0 Å². The van der Waals surface area contributed by atoms with Gasteiger partial charge in [0.25, 0.3) is 0 Å². The molecule has 2 rings (SSSR count). The number of hydrogen-bond acceptors (Lipinski definition) is 2. The van der Waals surface area contributed by atoms with Crippen molar-refractivity contribution in [3.05, 3.63) is 46.3 Å². The zero-order valence-corrected chi connectivity index (χ0v) is 9.91. The van der Waals surface area contributed by atoms with Gasteiger partial charge in [0.05, 0.1) is 11.6 Å². The number of rotatable bonds is 2. The van der Waals surface area contributed by atoms with Crippen molar-refractivity contribution in [3.8, 4) is 0 Å². The van der Waals surface area contributed by atoms with Crippen molar-refractivity contribution < 1.29 is 4.42 Å². The van der Waals surface area contributed by atoms with Crippen LogP contribution in [0, 0.1) is 0 Å². The molecule has 2 nitrogen and oxygen atoms in total. The minimum absolute atomic E-state index is 0.0914. The van der Waals surface area contributed by atoms with Crippen LogP contribution >= 0.6 is 0 Å². The van der Waals surface area contributed by atoms with Crippen molar-refractivity contribution in [2.75, 3.05) is 0 Å². The lowest BCUT2D eigenvalue weighted by atomic mass is 9.83. The number of para-hydroxylation sites is 1. The Hall–Kier alpha value is -1.57. The highest BCUT2D eigenvalue weighted by atomic mass is 16.3. The molecule has 16 heavy (non-hydrogen) atoms. The fraction of sp³-hybridized carbons (Fsp3) is 0.357. The van der Waals surface area contributed by atoms with Gasteiger partial charge in [-0.2, -0.15) is 0 Å². The summed E-state index contributed by atoms with van der Waals surface area (Å²) in [6, 6.07) is 7.37. The predicted octanol–water partition coefficient (Wildman–Crippen LogP) is 3.48. The first-order valence-corrected chi connectivity index (χ1v) is 5.57. The van der Waals surface area contributed by atoms with Crippen LogP contribution in [0.4, 0.5) is 0 Å². The molecule has 0 saturated carbocycles. The Balaban J connectivity index is 2.76. The van der Waals surface area contributed by atoms with Gasteiger partial charge >= 0.3 is 0 Å². The molecule has 1 aromatic heterocycles. The standard InChI is InChI=1S/C14H16O2/c1-4-14(2,3)11-9-16-12-8-6-5-7-10(12)13(11)15/h5-9H,4H2,1-3H3. The van der Waals surface area contributed by atoms with Crippen molar-refractivity contribution >= 4 is 11.0 Å². The highest BCUT2D eigenvalue weighted by Gasteiger charge is 2.23. The van der Waals surface area contributed by atoms with Gasteiger partial charge in [-0.1, -0.05) is 32.9 Å². The third kappa shape index (κ3) is 1.64. The van der Waals surface area contributed by atoms with E-state index in [4.69, 9.17) is 4.42 Å². The van der Waals surface area contributed by atoms with Gasteiger partial charge in [0.2, 0.25) is 0 Å². The molecule has 0 bridgehead atoms. The lowest BCUT2D eigenvalue weighted by Gasteiger charge is -2.21. The van der Waals surface area contributed by atoms with Gasteiger partial charge in [-0.15, -0.1) is 0 Å². The molecule has 1 aromatic carbocycles. The second kappa shape index (κ2) is 3.78. The van der Waals surface area contributed by atoms with Crippen molar-refractivity contribution in [3.63, 3.8) is 0 Å². The van der Waals surface area contributed by atoms with E-state index in [1.807, 2.05) is 24.3 Å². The van der Waals surface area contributed by atoms with E-state index in [1.165, 1.54) is 0 Å². The number of fused-ring (bicyclic) bond motifs is 1. The Morgan fingerprint density at radius 1 is 1.25 bits per heavy atom. The molecule has 0 spiro atoms. The molecule has 2 aromatic rings. The van der Waals surface area contributed by atoms with E-state index in [1.54, 1.807) is 6.26 Å². The third-order valence-corrected chi connectivity index (χ3v) is 3.29. The van der Waals surface area contributed by atoms with Gasteiger partial charge in [0.15, 0.2) is 5.43 Å². The fourth-order valence-electron chi connectivity index (χ4n) is 1.74. The lowest BCUT2D eigenvalue weighted by Crippen LogP contribution is -2.24. The van der Waals surface area contributed by atoms with Crippen molar-refractivity contribution in [1.29, 1.82) is 0 Å². The van der Waals surface area contributed by atoms with Crippen LogP contribution in [0.25, 0.3) is 11.0 Å². The van der Waals surface area contributed by atoms with E-state index < -0.39 is 0 Å². The summed E-state index contributed by atoms with van der Waals surface area (Å²) in [5.74, 6) is 0. The van der Waals surface area contributed by atoms with E-state index in [2.05, 4.69) is 20.8 Å².